The zero-order valence-corrected chi connectivity index (χ0v) is 14.1. The fourth-order valence-corrected chi connectivity index (χ4v) is 4.40. The van der Waals surface area contributed by atoms with Crippen molar-refractivity contribution in [3.05, 3.63) is 0 Å². The van der Waals surface area contributed by atoms with Gasteiger partial charge in [0.25, 0.3) is 0 Å². The highest BCUT2D eigenvalue weighted by atomic mass is 14.4. The number of rotatable bonds is 3. The molecule has 0 spiro atoms. The van der Waals surface area contributed by atoms with Crippen molar-refractivity contribution < 1.29 is 0 Å². The zero-order valence-electron chi connectivity index (χ0n) is 14.1. The van der Waals surface area contributed by atoms with Crippen molar-refractivity contribution in [2.24, 2.45) is 28.6 Å². The van der Waals surface area contributed by atoms with E-state index < -0.39 is 0 Å². The van der Waals surface area contributed by atoms with Gasteiger partial charge in [0.2, 0.25) is 0 Å². The minimum absolute atomic E-state index is 0.630. The molecule has 0 aliphatic heterocycles. The molecule has 1 unspecified atom stereocenters. The first kappa shape index (κ1) is 15.4. The molecule has 0 saturated heterocycles. The Labute approximate surface area is 121 Å². The molecule has 2 fully saturated rings. The molecule has 0 bridgehead atoms. The molecule has 19 heavy (non-hydrogen) atoms. The van der Waals surface area contributed by atoms with Crippen LogP contribution in [0.1, 0.15) is 92.4 Å². The quantitative estimate of drug-likeness (QED) is 0.550. The van der Waals surface area contributed by atoms with Crippen LogP contribution in [0.3, 0.4) is 0 Å². The maximum absolute atomic E-state index is 2.54. The van der Waals surface area contributed by atoms with Gasteiger partial charge in [-0.3, -0.25) is 0 Å². The maximum Gasteiger partial charge on any atom is -0.0354 e. The fourth-order valence-electron chi connectivity index (χ4n) is 4.40. The van der Waals surface area contributed by atoms with Crippen LogP contribution >= 0.6 is 0 Å². The predicted molar refractivity (Wildman–Crippen MR) is 85.3 cm³/mol. The third-order valence-corrected chi connectivity index (χ3v) is 6.35. The standard InChI is InChI=1S/C19H36/c1-15(17-8-12-19(4,5)13-9-17)14-16-6-10-18(2,3)11-7-16/h15-17H,6-14H2,1-5H3. The molecule has 2 aliphatic carbocycles. The van der Waals surface area contributed by atoms with E-state index >= 15 is 0 Å². The van der Waals surface area contributed by atoms with E-state index in [1.54, 1.807) is 0 Å². The average Bonchev–Trinajstić information content (AvgIpc) is 2.31. The summed E-state index contributed by atoms with van der Waals surface area (Å²) in [5.74, 6) is 3.04. The molecule has 0 heteroatoms. The highest BCUT2D eigenvalue weighted by Gasteiger charge is 2.32. The Bertz CT molecular complexity index is 266. The van der Waals surface area contributed by atoms with E-state index in [9.17, 15) is 0 Å². The lowest BCUT2D eigenvalue weighted by Crippen LogP contribution is -2.27. The fraction of sp³-hybridized carbons (Fsp3) is 1.00. The SMILES string of the molecule is CC(CC1CCC(C)(C)CC1)C1CCC(C)(C)CC1. The van der Waals surface area contributed by atoms with Crippen molar-refractivity contribution in [3.8, 4) is 0 Å². The van der Waals surface area contributed by atoms with E-state index in [2.05, 4.69) is 34.6 Å². The summed E-state index contributed by atoms with van der Waals surface area (Å²) in [6.45, 7) is 12.4. The van der Waals surface area contributed by atoms with Crippen molar-refractivity contribution in [2.75, 3.05) is 0 Å². The molecule has 0 aromatic carbocycles. The van der Waals surface area contributed by atoms with E-state index in [1.807, 2.05) is 0 Å². The average molecular weight is 264 g/mol. The van der Waals surface area contributed by atoms with Crippen LogP contribution in [-0.4, -0.2) is 0 Å². The predicted octanol–water partition coefficient (Wildman–Crippen LogP) is 6.45. The second-order valence-corrected chi connectivity index (χ2v) is 9.32. The molecule has 2 rings (SSSR count). The van der Waals surface area contributed by atoms with Crippen molar-refractivity contribution in [2.45, 2.75) is 92.4 Å². The van der Waals surface area contributed by atoms with Crippen LogP contribution in [0.2, 0.25) is 0 Å². The van der Waals surface area contributed by atoms with E-state index in [1.165, 1.54) is 57.8 Å². The minimum atomic E-state index is 0.630. The van der Waals surface area contributed by atoms with Gasteiger partial charge < -0.3 is 0 Å². The summed E-state index contributed by atoms with van der Waals surface area (Å²) in [6.07, 6.45) is 13.3. The Balaban J connectivity index is 1.74. The van der Waals surface area contributed by atoms with Crippen molar-refractivity contribution in [1.82, 2.24) is 0 Å². The Hall–Kier alpha value is 0. The molecule has 0 N–H and O–H groups in total. The molecule has 2 aliphatic rings. The van der Waals surface area contributed by atoms with Gasteiger partial charge in [0, 0.05) is 0 Å². The first-order chi connectivity index (χ1) is 8.77. The highest BCUT2D eigenvalue weighted by Crippen LogP contribution is 2.45. The Morgan fingerprint density at radius 3 is 1.68 bits per heavy atom. The molecule has 0 aromatic rings. The molecular weight excluding hydrogens is 228 g/mol. The second-order valence-electron chi connectivity index (χ2n) is 9.32. The summed E-state index contributed by atoms with van der Waals surface area (Å²) in [5, 5.41) is 0. The van der Waals surface area contributed by atoms with Gasteiger partial charge in [-0.05, 0) is 86.4 Å². The third kappa shape index (κ3) is 4.50. The first-order valence-corrected chi connectivity index (χ1v) is 8.77. The molecule has 1 atom stereocenters. The molecule has 0 nitrogen and oxygen atoms in total. The monoisotopic (exact) mass is 264 g/mol. The van der Waals surface area contributed by atoms with Crippen LogP contribution in [0.15, 0.2) is 0 Å². The molecule has 0 amide bonds. The van der Waals surface area contributed by atoms with E-state index in [4.69, 9.17) is 0 Å². The van der Waals surface area contributed by atoms with Gasteiger partial charge in [-0.1, -0.05) is 34.6 Å². The Kier molecular flexibility index (Phi) is 4.68. The van der Waals surface area contributed by atoms with E-state index in [-0.39, 0.29) is 0 Å². The summed E-state index contributed by atoms with van der Waals surface area (Å²) in [5.41, 5.74) is 1.26. The molecule has 0 radical (unpaired) electrons. The molecule has 0 heterocycles. The van der Waals surface area contributed by atoms with Crippen LogP contribution in [0, 0.1) is 28.6 Å². The van der Waals surface area contributed by atoms with Crippen LogP contribution in [-0.2, 0) is 0 Å². The normalized spacial score (nSPS) is 30.2. The van der Waals surface area contributed by atoms with Gasteiger partial charge >= 0.3 is 0 Å². The van der Waals surface area contributed by atoms with Gasteiger partial charge in [-0.15, -0.1) is 0 Å². The van der Waals surface area contributed by atoms with E-state index in [0.29, 0.717) is 10.8 Å². The van der Waals surface area contributed by atoms with Crippen LogP contribution in [0.5, 0.6) is 0 Å². The summed E-state index contributed by atoms with van der Waals surface area (Å²) >= 11 is 0. The lowest BCUT2D eigenvalue weighted by molar-refractivity contribution is 0.120. The van der Waals surface area contributed by atoms with Gasteiger partial charge in [0.15, 0.2) is 0 Å². The maximum atomic E-state index is 2.54. The Morgan fingerprint density at radius 1 is 0.789 bits per heavy atom. The first-order valence-electron chi connectivity index (χ1n) is 8.77. The molecule has 112 valence electrons. The Morgan fingerprint density at radius 2 is 1.21 bits per heavy atom. The minimum Gasteiger partial charge on any atom is -0.0622 e. The van der Waals surface area contributed by atoms with Crippen molar-refractivity contribution >= 4 is 0 Å². The number of hydrogen-bond donors (Lipinski definition) is 0. The summed E-state index contributed by atoms with van der Waals surface area (Å²) < 4.78 is 0. The number of hydrogen-bond acceptors (Lipinski definition) is 0. The van der Waals surface area contributed by atoms with Gasteiger partial charge in [0.1, 0.15) is 0 Å². The summed E-state index contributed by atoms with van der Waals surface area (Å²) in [4.78, 5) is 0. The lowest BCUT2D eigenvalue weighted by Gasteiger charge is -2.40. The topological polar surface area (TPSA) is 0 Å². The van der Waals surface area contributed by atoms with Gasteiger partial charge in [-0.2, -0.15) is 0 Å². The molecule has 2 saturated carbocycles. The van der Waals surface area contributed by atoms with Gasteiger partial charge in [-0.25, -0.2) is 0 Å². The molecule has 0 aromatic heterocycles. The summed E-state index contributed by atoms with van der Waals surface area (Å²) in [7, 11) is 0. The smallest absolute Gasteiger partial charge is 0.0354 e. The van der Waals surface area contributed by atoms with Crippen LogP contribution in [0.4, 0.5) is 0 Å². The molecular formula is C19H36. The van der Waals surface area contributed by atoms with Crippen LogP contribution < -0.4 is 0 Å². The van der Waals surface area contributed by atoms with Crippen molar-refractivity contribution in [3.63, 3.8) is 0 Å². The zero-order chi connectivity index (χ0) is 14.1. The van der Waals surface area contributed by atoms with Gasteiger partial charge in [0.05, 0.1) is 0 Å². The van der Waals surface area contributed by atoms with E-state index in [0.717, 1.165) is 17.8 Å². The largest absolute Gasteiger partial charge is 0.0622 e. The van der Waals surface area contributed by atoms with Crippen molar-refractivity contribution in [1.29, 1.82) is 0 Å². The summed E-state index contributed by atoms with van der Waals surface area (Å²) in [6, 6.07) is 0. The third-order valence-electron chi connectivity index (χ3n) is 6.35. The lowest BCUT2D eigenvalue weighted by atomic mass is 9.66. The van der Waals surface area contributed by atoms with Crippen LogP contribution in [0.25, 0.3) is 0 Å². The highest BCUT2D eigenvalue weighted by molar-refractivity contribution is 4.84. The second kappa shape index (κ2) is 5.78.